The molecule has 2 aliphatic rings. The van der Waals surface area contributed by atoms with Crippen molar-refractivity contribution >= 4 is 5.91 Å². The molecule has 0 radical (unpaired) electrons. The second kappa shape index (κ2) is 5.74. The fourth-order valence-electron chi connectivity index (χ4n) is 3.78. The van der Waals surface area contributed by atoms with Crippen molar-refractivity contribution in [3.8, 4) is 17.0 Å². The molecule has 3 atom stereocenters. The van der Waals surface area contributed by atoms with E-state index in [4.69, 9.17) is 4.74 Å². The smallest absolute Gasteiger partial charge is 0.267 e. The number of ether oxygens (including phenoxy) is 1. The Labute approximate surface area is 135 Å². The highest BCUT2D eigenvalue weighted by Gasteiger charge is 2.39. The first-order chi connectivity index (χ1) is 11.2. The fraction of sp³-hybridized carbons (Fsp3) is 0.389. The van der Waals surface area contributed by atoms with Gasteiger partial charge < -0.3 is 20.4 Å². The molecule has 5 nitrogen and oxygen atoms in total. The van der Waals surface area contributed by atoms with Crippen LogP contribution in [0.4, 0.5) is 0 Å². The van der Waals surface area contributed by atoms with Crippen LogP contribution in [0.15, 0.2) is 36.4 Å². The molecule has 1 amide bonds. The Bertz CT molecular complexity index is 725. The molecule has 2 aromatic rings. The molecule has 3 heterocycles. The largest absolute Gasteiger partial charge is 0.496 e. The van der Waals surface area contributed by atoms with Crippen molar-refractivity contribution in [2.45, 2.75) is 37.4 Å². The van der Waals surface area contributed by atoms with Gasteiger partial charge in [0.05, 0.1) is 7.11 Å². The van der Waals surface area contributed by atoms with E-state index in [2.05, 4.69) is 15.6 Å². The normalized spacial score (nSPS) is 25.5. The number of hydrogen-bond acceptors (Lipinski definition) is 3. The first-order valence-electron chi connectivity index (χ1n) is 8.14. The van der Waals surface area contributed by atoms with E-state index >= 15 is 0 Å². The number of carbonyl (C=O) groups is 1. The molecule has 1 aromatic carbocycles. The van der Waals surface area contributed by atoms with Crippen LogP contribution in [0.2, 0.25) is 0 Å². The molecule has 3 N–H and O–H groups in total. The zero-order valence-corrected chi connectivity index (χ0v) is 13.1. The molecule has 0 aliphatic carbocycles. The van der Waals surface area contributed by atoms with Crippen LogP contribution in [-0.4, -0.2) is 36.1 Å². The third-order valence-electron chi connectivity index (χ3n) is 4.94. The van der Waals surface area contributed by atoms with Crippen molar-refractivity contribution < 1.29 is 9.53 Å². The molecule has 0 unspecified atom stereocenters. The Morgan fingerprint density at radius 3 is 2.83 bits per heavy atom. The van der Waals surface area contributed by atoms with Gasteiger partial charge in [-0.15, -0.1) is 0 Å². The SMILES string of the molecule is COc1ccccc1-c1ccc(C(=O)N[C@@H]2C[C@H]3CC[C@@H]2N3)[nH]1. The number of nitrogens with one attached hydrogen (secondary N) is 3. The number of H-pyrrole nitrogens is 1. The summed E-state index contributed by atoms with van der Waals surface area (Å²) in [5.41, 5.74) is 2.43. The minimum Gasteiger partial charge on any atom is -0.496 e. The molecule has 2 saturated heterocycles. The quantitative estimate of drug-likeness (QED) is 0.812. The van der Waals surface area contributed by atoms with Crippen molar-refractivity contribution in [3.63, 3.8) is 0 Å². The minimum atomic E-state index is -0.0366. The Morgan fingerprint density at radius 2 is 2.09 bits per heavy atom. The monoisotopic (exact) mass is 311 g/mol. The van der Waals surface area contributed by atoms with Crippen molar-refractivity contribution in [1.82, 2.24) is 15.6 Å². The average molecular weight is 311 g/mol. The van der Waals surface area contributed by atoms with E-state index in [-0.39, 0.29) is 11.9 Å². The molecule has 5 heteroatoms. The molecular formula is C18H21N3O2. The third kappa shape index (κ3) is 2.61. The van der Waals surface area contributed by atoms with E-state index < -0.39 is 0 Å². The van der Waals surface area contributed by atoms with Gasteiger partial charge in [0.2, 0.25) is 0 Å². The number of rotatable bonds is 4. The summed E-state index contributed by atoms with van der Waals surface area (Å²) in [4.78, 5) is 15.7. The summed E-state index contributed by atoms with van der Waals surface area (Å²) in [6.07, 6.45) is 3.43. The van der Waals surface area contributed by atoms with E-state index in [1.54, 1.807) is 7.11 Å². The number of carbonyl (C=O) groups excluding carboxylic acids is 1. The molecule has 0 saturated carbocycles. The summed E-state index contributed by atoms with van der Waals surface area (Å²) in [6, 6.07) is 12.8. The maximum atomic E-state index is 12.5. The summed E-state index contributed by atoms with van der Waals surface area (Å²) in [5, 5.41) is 6.70. The van der Waals surface area contributed by atoms with Gasteiger partial charge in [0.25, 0.3) is 5.91 Å². The van der Waals surface area contributed by atoms with Gasteiger partial charge in [-0.1, -0.05) is 12.1 Å². The lowest BCUT2D eigenvalue weighted by Gasteiger charge is -2.21. The Balaban J connectivity index is 1.50. The molecule has 23 heavy (non-hydrogen) atoms. The summed E-state index contributed by atoms with van der Waals surface area (Å²) in [6.45, 7) is 0. The molecule has 4 rings (SSSR count). The maximum Gasteiger partial charge on any atom is 0.267 e. The van der Waals surface area contributed by atoms with Crippen molar-refractivity contribution in [3.05, 3.63) is 42.1 Å². The highest BCUT2D eigenvalue weighted by Crippen LogP contribution is 2.30. The zero-order valence-electron chi connectivity index (χ0n) is 13.1. The van der Waals surface area contributed by atoms with E-state index in [0.717, 1.165) is 29.8 Å². The molecule has 2 aliphatic heterocycles. The average Bonchev–Trinajstić information content (AvgIpc) is 3.31. The van der Waals surface area contributed by atoms with Gasteiger partial charge in [-0.3, -0.25) is 4.79 Å². The molecule has 1 aromatic heterocycles. The summed E-state index contributed by atoms with van der Waals surface area (Å²) in [7, 11) is 1.65. The first kappa shape index (κ1) is 14.3. The van der Waals surface area contributed by atoms with Crippen LogP contribution >= 0.6 is 0 Å². The number of amides is 1. The van der Waals surface area contributed by atoms with Crippen LogP contribution in [0.1, 0.15) is 29.8 Å². The van der Waals surface area contributed by atoms with Crippen LogP contribution in [-0.2, 0) is 0 Å². The Hall–Kier alpha value is -2.27. The van der Waals surface area contributed by atoms with E-state index in [1.165, 1.54) is 6.42 Å². The first-order valence-corrected chi connectivity index (χ1v) is 8.14. The van der Waals surface area contributed by atoms with Crippen molar-refractivity contribution in [2.75, 3.05) is 7.11 Å². The second-order valence-corrected chi connectivity index (χ2v) is 6.35. The molecular weight excluding hydrogens is 290 g/mol. The minimum absolute atomic E-state index is 0.0366. The number of aromatic nitrogens is 1. The van der Waals surface area contributed by atoms with Gasteiger partial charge in [-0.2, -0.15) is 0 Å². The lowest BCUT2D eigenvalue weighted by molar-refractivity contribution is 0.0926. The van der Waals surface area contributed by atoms with Crippen LogP contribution in [0.25, 0.3) is 11.3 Å². The van der Waals surface area contributed by atoms with Crippen molar-refractivity contribution in [2.24, 2.45) is 0 Å². The number of benzene rings is 1. The third-order valence-corrected chi connectivity index (χ3v) is 4.94. The zero-order chi connectivity index (χ0) is 15.8. The van der Waals surface area contributed by atoms with E-state index in [9.17, 15) is 4.79 Å². The second-order valence-electron chi connectivity index (χ2n) is 6.35. The van der Waals surface area contributed by atoms with Crippen LogP contribution < -0.4 is 15.4 Å². The summed E-state index contributed by atoms with van der Waals surface area (Å²) in [5.74, 6) is 0.754. The van der Waals surface area contributed by atoms with Gasteiger partial charge in [0.15, 0.2) is 0 Å². The summed E-state index contributed by atoms with van der Waals surface area (Å²) < 4.78 is 5.38. The van der Waals surface area contributed by atoms with Crippen LogP contribution in [0.5, 0.6) is 5.75 Å². The van der Waals surface area contributed by atoms with Crippen molar-refractivity contribution in [1.29, 1.82) is 0 Å². The summed E-state index contributed by atoms with van der Waals surface area (Å²) >= 11 is 0. The number of aromatic amines is 1. The van der Waals surface area contributed by atoms with Gasteiger partial charge in [-0.05, 0) is 43.5 Å². The van der Waals surface area contributed by atoms with Crippen LogP contribution in [0.3, 0.4) is 0 Å². The predicted molar refractivity (Wildman–Crippen MR) is 88.6 cm³/mol. The van der Waals surface area contributed by atoms with Gasteiger partial charge in [-0.25, -0.2) is 0 Å². The highest BCUT2D eigenvalue weighted by atomic mass is 16.5. The lowest BCUT2D eigenvalue weighted by Crippen LogP contribution is -2.43. The van der Waals surface area contributed by atoms with E-state index in [1.807, 2.05) is 36.4 Å². The standard InChI is InChI=1S/C18H21N3O2/c1-23-17-5-3-2-4-12(17)13-8-9-15(20-13)18(22)21-16-10-11-6-7-14(16)19-11/h2-5,8-9,11,14,16,19-20H,6-7,10H2,1H3,(H,21,22)/t11-,14+,16-/m1/s1. The number of para-hydroxylation sites is 1. The fourth-order valence-corrected chi connectivity index (χ4v) is 3.78. The Kier molecular flexibility index (Phi) is 3.58. The number of hydrogen-bond donors (Lipinski definition) is 3. The van der Waals surface area contributed by atoms with Crippen LogP contribution in [0, 0.1) is 0 Å². The van der Waals surface area contributed by atoms with Gasteiger partial charge >= 0.3 is 0 Å². The molecule has 0 spiro atoms. The highest BCUT2D eigenvalue weighted by molar-refractivity contribution is 5.93. The van der Waals surface area contributed by atoms with E-state index in [0.29, 0.717) is 17.8 Å². The number of methoxy groups -OCH3 is 1. The lowest BCUT2D eigenvalue weighted by atomic mass is 9.95. The van der Waals surface area contributed by atoms with Gasteiger partial charge in [0, 0.05) is 29.4 Å². The predicted octanol–water partition coefficient (Wildman–Crippen LogP) is 2.31. The molecule has 120 valence electrons. The van der Waals surface area contributed by atoms with Gasteiger partial charge in [0.1, 0.15) is 11.4 Å². The Morgan fingerprint density at radius 1 is 1.22 bits per heavy atom. The number of fused-ring (bicyclic) bond motifs is 2. The molecule has 2 bridgehead atoms. The topological polar surface area (TPSA) is 66.2 Å². The maximum absolute atomic E-state index is 12.5. The molecule has 2 fully saturated rings.